The van der Waals surface area contributed by atoms with E-state index < -0.39 is 27.1 Å². The van der Waals surface area contributed by atoms with E-state index in [1.807, 2.05) is 30.5 Å². The summed E-state index contributed by atoms with van der Waals surface area (Å²) in [5.41, 5.74) is 1.50. The predicted octanol–water partition coefficient (Wildman–Crippen LogP) is 4.20. The maximum atomic E-state index is 13.8. The smallest absolute Gasteiger partial charge is 0.339 e. The van der Waals surface area contributed by atoms with Gasteiger partial charge in [-0.2, -0.15) is 8.42 Å². The third-order valence-electron chi connectivity index (χ3n) is 6.67. The summed E-state index contributed by atoms with van der Waals surface area (Å²) in [6.45, 7) is 3.61. The summed E-state index contributed by atoms with van der Waals surface area (Å²) < 4.78 is 37.7. The lowest BCUT2D eigenvalue weighted by atomic mass is 9.96. The van der Waals surface area contributed by atoms with Crippen LogP contribution in [-0.4, -0.2) is 36.7 Å². The summed E-state index contributed by atoms with van der Waals surface area (Å²) in [5, 5.41) is 10.9. The number of fused-ring (bicyclic) bond motifs is 1. The Hall–Kier alpha value is -4.53. The van der Waals surface area contributed by atoms with Gasteiger partial charge >= 0.3 is 16.1 Å². The number of hydrogen-bond acceptors (Lipinski definition) is 11. The van der Waals surface area contributed by atoms with E-state index in [0.717, 1.165) is 34.7 Å². The number of esters is 1. The normalized spacial score (nSPS) is 15.0. The first-order valence-electron chi connectivity index (χ1n) is 13.1. The molecule has 44 heavy (non-hydrogen) atoms. The van der Waals surface area contributed by atoms with Gasteiger partial charge in [0.05, 0.1) is 33.4 Å². The Morgan fingerprint density at radius 2 is 1.75 bits per heavy atom. The molecule has 0 amide bonds. The number of hydrogen-bond donors (Lipinski definition) is 0. The van der Waals surface area contributed by atoms with Gasteiger partial charge < -0.3 is 8.92 Å². The molecular weight excluding hydrogens is 627 g/mol. The molecule has 11 nitrogen and oxygen atoms in total. The highest BCUT2D eigenvalue weighted by molar-refractivity contribution is 7.98. The van der Waals surface area contributed by atoms with Gasteiger partial charge in [0.15, 0.2) is 4.80 Å². The summed E-state index contributed by atoms with van der Waals surface area (Å²) in [4.78, 5) is 42.9. The van der Waals surface area contributed by atoms with Crippen molar-refractivity contribution in [2.24, 2.45) is 4.99 Å². The van der Waals surface area contributed by atoms with Crippen molar-refractivity contribution >= 4 is 50.9 Å². The number of thiazole rings is 1. The first kappa shape index (κ1) is 30.9. The number of benzene rings is 3. The quantitative estimate of drug-likeness (QED) is 0.0854. The summed E-state index contributed by atoms with van der Waals surface area (Å²) in [7, 11) is -4.24. The van der Waals surface area contributed by atoms with Gasteiger partial charge in [0.2, 0.25) is 0 Å². The molecule has 14 heteroatoms. The Morgan fingerprint density at radius 1 is 1.09 bits per heavy atom. The number of allylic oxidation sites excluding steroid dienone is 1. The number of carbonyl (C=O) groups is 1. The molecule has 0 unspecified atom stereocenters. The molecule has 0 fully saturated rings. The van der Waals surface area contributed by atoms with Gasteiger partial charge in [-0.15, -0.1) is 11.8 Å². The fraction of sp³-hybridized carbons (Fsp3) is 0.167. The fourth-order valence-corrected chi connectivity index (χ4v) is 6.96. The van der Waals surface area contributed by atoms with E-state index in [1.165, 1.54) is 28.0 Å². The SMILES string of the molecule is CCOC(=O)C1=C(C)N=c2s/c(=C\c3ccc(OS(=O)(=O)c4ccc([N+](=O)[O-])cc4)cc3)c(=O)n2[C@H]1c1ccc(SC)cc1. The van der Waals surface area contributed by atoms with Gasteiger partial charge in [-0.1, -0.05) is 35.6 Å². The van der Waals surface area contributed by atoms with Crippen LogP contribution in [0.4, 0.5) is 5.69 Å². The zero-order valence-electron chi connectivity index (χ0n) is 23.6. The lowest BCUT2D eigenvalue weighted by Crippen LogP contribution is -2.39. The molecule has 1 aliphatic heterocycles. The molecule has 1 aromatic heterocycles. The van der Waals surface area contributed by atoms with Crippen molar-refractivity contribution in [1.82, 2.24) is 4.57 Å². The summed E-state index contributed by atoms with van der Waals surface area (Å²) >= 11 is 2.75. The van der Waals surface area contributed by atoms with E-state index in [4.69, 9.17) is 8.92 Å². The van der Waals surface area contributed by atoms with E-state index in [2.05, 4.69) is 4.99 Å². The van der Waals surface area contributed by atoms with Gasteiger partial charge in [-0.3, -0.25) is 19.5 Å². The molecule has 0 N–H and O–H groups in total. The zero-order valence-corrected chi connectivity index (χ0v) is 26.1. The highest BCUT2D eigenvalue weighted by Crippen LogP contribution is 2.31. The zero-order chi connectivity index (χ0) is 31.6. The molecule has 0 aliphatic carbocycles. The van der Waals surface area contributed by atoms with Crippen LogP contribution in [0.2, 0.25) is 0 Å². The Labute approximate surface area is 260 Å². The van der Waals surface area contributed by atoms with Crippen LogP contribution in [0.15, 0.2) is 104 Å². The van der Waals surface area contributed by atoms with Crippen LogP contribution in [0.5, 0.6) is 5.75 Å². The molecule has 5 rings (SSSR count). The van der Waals surface area contributed by atoms with Crippen LogP contribution in [-0.2, 0) is 19.6 Å². The second-order valence-corrected chi connectivity index (χ2v) is 12.9. The van der Waals surface area contributed by atoms with E-state index >= 15 is 0 Å². The number of non-ortho nitro benzene ring substituents is 1. The van der Waals surface area contributed by atoms with Crippen molar-refractivity contribution in [3.63, 3.8) is 0 Å². The van der Waals surface area contributed by atoms with E-state index in [9.17, 15) is 28.1 Å². The molecule has 226 valence electrons. The van der Waals surface area contributed by atoms with Gasteiger partial charge in [-0.25, -0.2) is 9.79 Å². The Bertz CT molecular complexity index is 2070. The third-order valence-corrected chi connectivity index (χ3v) is 9.66. The monoisotopic (exact) mass is 651 g/mol. The predicted molar refractivity (Wildman–Crippen MR) is 166 cm³/mol. The second-order valence-electron chi connectivity index (χ2n) is 9.43. The Morgan fingerprint density at radius 3 is 2.34 bits per heavy atom. The third kappa shape index (κ3) is 6.23. The lowest BCUT2D eigenvalue weighted by molar-refractivity contribution is -0.384. The standard InChI is InChI=1S/C30H25N3O8S3/c1-4-40-29(35)26-18(2)31-30-32(27(26)20-7-13-23(42-3)14-8-20)28(34)25(43-30)17-19-5-11-22(12-6-19)41-44(38,39)24-15-9-21(10-16-24)33(36)37/h5-17,27H,4H2,1-3H3/b25-17-/t27-/m0/s1. The van der Waals surface area contributed by atoms with Crippen molar-refractivity contribution in [3.8, 4) is 5.75 Å². The van der Waals surface area contributed by atoms with Crippen LogP contribution in [0.1, 0.15) is 31.0 Å². The van der Waals surface area contributed by atoms with E-state index in [1.54, 1.807) is 43.8 Å². The van der Waals surface area contributed by atoms with Crippen molar-refractivity contribution in [2.45, 2.75) is 29.7 Å². The molecule has 2 heterocycles. The maximum absolute atomic E-state index is 13.8. The molecule has 0 saturated heterocycles. The molecule has 4 aromatic rings. The Balaban J connectivity index is 1.49. The molecular formula is C30H25N3O8S3. The van der Waals surface area contributed by atoms with Gasteiger partial charge in [0.25, 0.3) is 11.2 Å². The van der Waals surface area contributed by atoms with Gasteiger partial charge in [0.1, 0.15) is 10.6 Å². The van der Waals surface area contributed by atoms with Crippen LogP contribution in [0.25, 0.3) is 6.08 Å². The largest absolute Gasteiger partial charge is 0.463 e. The fourth-order valence-electron chi connectivity index (χ4n) is 4.57. The number of nitro benzene ring substituents is 1. The number of ether oxygens (including phenoxy) is 1. The van der Waals surface area contributed by atoms with Gasteiger partial charge in [-0.05, 0) is 73.7 Å². The minimum absolute atomic E-state index is 0.0188. The molecule has 0 bridgehead atoms. The number of nitro groups is 1. The Kier molecular flexibility index (Phi) is 8.85. The number of aromatic nitrogens is 1. The lowest BCUT2D eigenvalue weighted by Gasteiger charge is -2.24. The number of rotatable bonds is 9. The molecule has 1 atom stereocenters. The molecule has 0 radical (unpaired) electrons. The summed E-state index contributed by atoms with van der Waals surface area (Å²) in [5.74, 6) is -0.522. The first-order chi connectivity index (χ1) is 21.0. The maximum Gasteiger partial charge on any atom is 0.339 e. The van der Waals surface area contributed by atoms with Crippen molar-refractivity contribution in [1.29, 1.82) is 0 Å². The van der Waals surface area contributed by atoms with E-state index in [0.29, 0.717) is 26.2 Å². The summed E-state index contributed by atoms with van der Waals surface area (Å²) in [6, 6.07) is 17.3. The average Bonchev–Trinajstić information content (AvgIpc) is 3.31. The highest BCUT2D eigenvalue weighted by Gasteiger charge is 2.33. The number of carbonyl (C=O) groups excluding carboxylic acids is 1. The van der Waals surface area contributed by atoms with E-state index in [-0.39, 0.29) is 28.5 Å². The van der Waals surface area contributed by atoms with Crippen LogP contribution >= 0.6 is 23.1 Å². The van der Waals surface area contributed by atoms with Crippen molar-refractivity contribution in [3.05, 3.63) is 125 Å². The van der Waals surface area contributed by atoms with Crippen LogP contribution < -0.4 is 19.1 Å². The number of thioether (sulfide) groups is 1. The average molecular weight is 652 g/mol. The second kappa shape index (κ2) is 12.6. The molecule has 0 saturated carbocycles. The van der Waals surface area contributed by atoms with Crippen LogP contribution in [0, 0.1) is 10.1 Å². The van der Waals surface area contributed by atoms with Crippen molar-refractivity contribution < 1.29 is 27.1 Å². The number of nitrogens with zero attached hydrogens (tertiary/aromatic N) is 3. The minimum Gasteiger partial charge on any atom is -0.463 e. The minimum atomic E-state index is -4.24. The first-order valence-corrected chi connectivity index (χ1v) is 16.6. The molecule has 0 spiro atoms. The highest BCUT2D eigenvalue weighted by atomic mass is 32.2. The van der Waals surface area contributed by atoms with Crippen molar-refractivity contribution in [2.75, 3.05) is 12.9 Å². The summed E-state index contributed by atoms with van der Waals surface area (Å²) in [6.07, 6.45) is 3.61. The molecule has 3 aromatic carbocycles. The van der Waals surface area contributed by atoms with Gasteiger partial charge in [0, 0.05) is 17.0 Å². The topological polar surface area (TPSA) is 147 Å². The van der Waals surface area contributed by atoms with Crippen LogP contribution in [0.3, 0.4) is 0 Å². The molecule has 1 aliphatic rings.